The van der Waals surface area contributed by atoms with Gasteiger partial charge in [-0.2, -0.15) is 0 Å². The van der Waals surface area contributed by atoms with Crippen molar-refractivity contribution in [1.82, 2.24) is 10.2 Å². The molecule has 0 unspecified atom stereocenters. The van der Waals surface area contributed by atoms with Gasteiger partial charge in [0.05, 0.1) is 0 Å². The molecule has 3 heteroatoms. The summed E-state index contributed by atoms with van der Waals surface area (Å²) in [7, 11) is 0. The van der Waals surface area contributed by atoms with Crippen LogP contribution in [0.4, 0.5) is 0 Å². The maximum absolute atomic E-state index is 3.71. The third-order valence-electron chi connectivity index (χ3n) is 6.14. The molecule has 0 bridgehead atoms. The molecule has 0 aromatic heterocycles. The molecule has 1 N–H and O–H groups in total. The van der Waals surface area contributed by atoms with Crippen LogP contribution in [-0.4, -0.2) is 42.9 Å². The van der Waals surface area contributed by atoms with Crippen molar-refractivity contribution in [1.29, 1.82) is 0 Å². The van der Waals surface area contributed by atoms with Gasteiger partial charge in [0.2, 0.25) is 0 Å². The normalized spacial score (nSPS) is 19.4. The smallest absolute Gasteiger partial charge is 0.0110 e. The number of nitrogens with zero attached hydrogens (tertiary/aromatic N) is 1. The molecule has 26 heavy (non-hydrogen) atoms. The van der Waals surface area contributed by atoms with Crippen LogP contribution >= 0.6 is 11.8 Å². The lowest BCUT2D eigenvalue weighted by molar-refractivity contribution is 0.150. The number of hydrogen-bond donors (Lipinski definition) is 1. The minimum absolute atomic E-state index is 0.882. The summed E-state index contributed by atoms with van der Waals surface area (Å²) in [6.07, 6.45) is 14.4. The third kappa shape index (κ3) is 7.25. The minimum atomic E-state index is 0.882. The van der Waals surface area contributed by atoms with Crippen molar-refractivity contribution in [2.45, 2.75) is 75.1 Å². The summed E-state index contributed by atoms with van der Waals surface area (Å²) in [5.74, 6) is 2.19. The van der Waals surface area contributed by atoms with Gasteiger partial charge in [0.15, 0.2) is 0 Å². The molecule has 2 aliphatic rings. The minimum Gasteiger partial charge on any atom is -0.315 e. The summed E-state index contributed by atoms with van der Waals surface area (Å²) in [4.78, 5) is 4.25. The Morgan fingerprint density at radius 2 is 1.62 bits per heavy atom. The quantitative estimate of drug-likeness (QED) is 0.402. The van der Waals surface area contributed by atoms with Crippen LogP contribution in [0.5, 0.6) is 0 Å². The van der Waals surface area contributed by atoms with Crippen LogP contribution < -0.4 is 5.32 Å². The van der Waals surface area contributed by atoms with Gasteiger partial charge < -0.3 is 5.32 Å². The van der Waals surface area contributed by atoms with E-state index in [9.17, 15) is 0 Å². The average molecular weight is 375 g/mol. The second kappa shape index (κ2) is 12.0. The zero-order valence-corrected chi connectivity index (χ0v) is 17.3. The zero-order valence-electron chi connectivity index (χ0n) is 16.5. The van der Waals surface area contributed by atoms with Crippen molar-refractivity contribution in [3.8, 4) is 0 Å². The summed E-state index contributed by atoms with van der Waals surface area (Å²) in [5.41, 5.74) is 0. The van der Waals surface area contributed by atoms with E-state index in [0.717, 1.165) is 18.5 Å². The lowest BCUT2D eigenvalue weighted by Crippen LogP contribution is -2.42. The molecule has 0 saturated heterocycles. The second-order valence-corrected chi connectivity index (χ2v) is 9.37. The van der Waals surface area contributed by atoms with Gasteiger partial charge in [-0.1, -0.05) is 50.3 Å². The lowest BCUT2D eigenvalue weighted by Gasteiger charge is -2.34. The molecular weight excluding hydrogens is 336 g/mol. The van der Waals surface area contributed by atoms with E-state index in [-0.39, 0.29) is 0 Å². The van der Waals surface area contributed by atoms with E-state index in [4.69, 9.17) is 0 Å². The highest BCUT2D eigenvalue weighted by atomic mass is 32.2. The maximum atomic E-state index is 3.71. The van der Waals surface area contributed by atoms with Crippen molar-refractivity contribution in [3.63, 3.8) is 0 Å². The number of nitrogens with one attached hydrogen (secondary N) is 1. The van der Waals surface area contributed by atoms with E-state index in [1.54, 1.807) is 0 Å². The number of benzene rings is 1. The van der Waals surface area contributed by atoms with Crippen molar-refractivity contribution in [3.05, 3.63) is 30.3 Å². The molecule has 2 fully saturated rings. The fraction of sp³-hybridized carbons (Fsp3) is 0.739. The highest BCUT2D eigenvalue weighted by molar-refractivity contribution is 7.99. The molecule has 146 valence electrons. The van der Waals surface area contributed by atoms with Gasteiger partial charge in [0.25, 0.3) is 0 Å². The van der Waals surface area contributed by atoms with Crippen LogP contribution in [0, 0.1) is 5.92 Å². The van der Waals surface area contributed by atoms with Crippen molar-refractivity contribution >= 4 is 11.8 Å². The lowest BCUT2D eigenvalue weighted by atomic mass is 9.88. The van der Waals surface area contributed by atoms with Crippen LogP contribution in [-0.2, 0) is 0 Å². The molecule has 2 nitrogen and oxygen atoms in total. The number of thioether (sulfide) groups is 1. The first-order valence-electron chi connectivity index (χ1n) is 11.0. The molecule has 1 aromatic rings. The van der Waals surface area contributed by atoms with E-state index in [2.05, 4.69) is 40.5 Å². The van der Waals surface area contributed by atoms with Crippen molar-refractivity contribution < 1.29 is 0 Å². The van der Waals surface area contributed by atoms with E-state index >= 15 is 0 Å². The fourth-order valence-corrected chi connectivity index (χ4v) is 5.52. The van der Waals surface area contributed by atoms with Crippen LogP contribution in [0.2, 0.25) is 0 Å². The first-order valence-corrected chi connectivity index (χ1v) is 12.0. The molecule has 0 radical (unpaired) electrons. The van der Waals surface area contributed by atoms with E-state index < -0.39 is 0 Å². The fourth-order valence-electron chi connectivity index (χ4n) is 4.65. The second-order valence-electron chi connectivity index (χ2n) is 8.20. The topological polar surface area (TPSA) is 15.3 Å². The molecule has 0 atom stereocenters. The van der Waals surface area contributed by atoms with Crippen LogP contribution in [0.1, 0.15) is 64.2 Å². The Labute approximate surface area is 165 Å². The number of rotatable bonds is 11. The Hall–Kier alpha value is -0.510. The van der Waals surface area contributed by atoms with Crippen LogP contribution in [0.15, 0.2) is 35.2 Å². The van der Waals surface area contributed by atoms with Gasteiger partial charge in [0, 0.05) is 30.6 Å². The molecular formula is C23H38N2S. The van der Waals surface area contributed by atoms with Gasteiger partial charge in [-0.05, 0) is 62.5 Å². The van der Waals surface area contributed by atoms with Gasteiger partial charge in [-0.3, -0.25) is 4.90 Å². The summed E-state index contributed by atoms with van der Waals surface area (Å²) in [6.45, 7) is 4.95. The molecule has 0 aliphatic heterocycles. The predicted octanol–water partition coefficient (Wildman–Crippen LogP) is 5.58. The Balaban J connectivity index is 1.29. The Kier molecular flexibility index (Phi) is 9.37. The van der Waals surface area contributed by atoms with E-state index in [1.807, 2.05) is 11.8 Å². The van der Waals surface area contributed by atoms with Crippen LogP contribution in [0.3, 0.4) is 0 Å². The van der Waals surface area contributed by atoms with Crippen molar-refractivity contribution in [2.75, 3.05) is 31.9 Å². The van der Waals surface area contributed by atoms with Gasteiger partial charge >= 0.3 is 0 Å². The first-order chi connectivity index (χ1) is 12.9. The Morgan fingerprint density at radius 1 is 0.885 bits per heavy atom. The molecule has 0 spiro atoms. The summed E-state index contributed by atoms with van der Waals surface area (Å²) in [5, 5.41) is 3.71. The van der Waals surface area contributed by atoms with Crippen molar-refractivity contribution in [2.24, 2.45) is 5.92 Å². The SMILES string of the molecule is c1ccc(SCCCNCCN(CC2CCCCC2)C2CCCC2)cc1. The molecule has 2 aliphatic carbocycles. The summed E-state index contributed by atoms with van der Waals surface area (Å²) >= 11 is 1.98. The van der Waals surface area contributed by atoms with Gasteiger partial charge in [-0.15, -0.1) is 11.8 Å². The predicted molar refractivity (Wildman–Crippen MR) is 115 cm³/mol. The highest BCUT2D eigenvalue weighted by Crippen LogP contribution is 2.28. The summed E-state index contributed by atoms with van der Waals surface area (Å²) in [6, 6.07) is 11.7. The van der Waals surface area contributed by atoms with Gasteiger partial charge in [0.1, 0.15) is 0 Å². The third-order valence-corrected chi connectivity index (χ3v) is 7.24. The average Bonchev–Trinajstić information content (AvgIpc) is 3.23. The summed E-state index contributed by atoms with van der Waals surface area (Å²) < 4.78 is 0. The maximum Gasteiger partial charge on any atom is 0.0110 e. The van der Waals surface area contributed by atoms with E-state index in [1.165, 1.54) is 94.5 Å². The van der Waals surface area contributed by atoms with E-state index in [0.29, 0.717) is 0 Å². The molecule has 0 amide bonds. The monoisotopic (exact) mass is 374 g/mol. The van der Waals surface area contributed by atoms with Gasteiger partial charge in [-0.25, -0.2) is 0 Å². The largest absolute Gasteiger partial charge is 0.315 e. The van der Waals surface area contributed by atoms with Crippen LogP contribution in [0.25, 0.3) is 0 Å². The molecule has 0 heterocycles. The zero-order chi connectivity index (χ0) is 17.9. The number of hydrogen-bond acceptors (Lipinski definition) is 3. The molecule has 2 saturated carbocycles. The molecule has 3 rings (SSSR count). The highest BCUT2D eigenvalue weighted by Gasteiger charge is 2.25. The Bertz CT molecular complexity index is 466. The Morgan fingerprint density at radius 3 is 2.38 bits per heavy atom. The first kappa shape index (κ1) is 20.2. The standard InChI is InChI=1S/C23H38N2S/c1-3-10-21(11-4-1)20-25(22-12-7-8-13-22)18-17-24-16-9-19-26-23-14-5-2-6-15-23/h2,5-6,14-15,21-22,24H,1,3-4,7-13,16-20H2. The molecule has 1 aromatic carbocycles.